The Morgan fingerprint density at radius 1 is 1.11 bits per heavy atom. The summed E-state index contributed by atoms with van der Waals surface area (Å²) in [7, 11) is 0. The standard InChI is InChI=1S/C16H13BrN2/c17-12-6-7-13-15(10-12)19-14(8-9-16(19)18-13)11-4-2-1-3-5-11/h1-7,10,14H,8-9H2/t14-/m1/s1. The molecule has 0 N–H and O–H groups in total. The van der Waals surface area contributed by atoms with E-state index < -0.39 is 0 Å². The topological polar surface area (TPSA) is 17.8 Å². The van der Waals surface area contributed by atoms with Crippen LogP contribution in [0.15, 0.2) is 53.0 Å². The average molecular weight is 313 g/mol. The number of nitrogens with zero attached hydrogens (tertiary/aromatic N) is 2. The van der Waals surface area contributed by atoms with Gasteiger partial charge in [-0.2, -0.15) is 0 Å². The lowest BCUT2D eigenvalue weighted by atomic mass is 10.0. The molecule has 2 nitrogen and oxygen atoms in total. The van der Waals surface area contributed by atoms with Gasteiger partial charge in [-0.05, 0) is 30.2 Å². The molecule has 0 aliphatic carbocycles. The van der Waals surface area contributed by atoms with E-state index in [-0.39, 0.29) is 0 Å². The van der Waals surface area contributed by atoms with Crippen LogP contribution in [0.5, 0.6) is 0 Å². The zero-order chi connectivity index (χ0) is 12.8. The highest BCUT2D eigenvalue weighted by Gasteiger charge is 2.26. The summed E-state index contributed by atoms with van der Waals surface area (Å²) in [6.45, 7) is 0. The summed E-state index contributed by atoms with van der Waals surface area (Å²) in [4.78, 5) is 4.75. The van der Waals surface area contributed by atoms with Gasteiger partial charge in [-0.25, -0.2) is 4.98 Å². The molecular formula is C16H13BrN2. The monoisotopic (exact) mass is 312 g/mol. The van der Waals surface area contributed by atoms with Gasteiger partial charge in [-0.15, -0.1) is 0 Å². The van der Waals surface area contributed by atoms with Crippen molar-refractivity contribution in [3.63, 3.8) is 0 Å². The van der Waals surface area contributed by atoms with Gasteiger partial charge in [0.05, 0.1) is 17.1 Å². The Morgan fingerprint density at radius 3 is 2.79 bits per heavy atom. The van der Waals surface area contributed by atoms with Crippen LogP contribution in [0.3, 0.4) is 0 Å². The number of fused-ring (bicyclic) bond motifs is 3. The number of hydrogen-bond donors (Lipinski definition) is 0. The first-order valence-corrected chi connectivity index (χ1v) is 7.33. The molecule has 0 saturated heterocycles. The van der Waals surface area contributed by atoms with E-state index in [4.69, 9.17) is 4.98 Å². The molecule has 0 bridgehead atoms. The second-order valence-corrected chi connectivity index (χ2v) is 5.91. The minimum Gasteiger partial charge on any atom is -0.320 e. The van der Waals surface area contributed by atoms with Crippen molar-refractivity contribution >= 4 is 27.0 Å². The van der Waals surface area contributed by atoms with E-state index in [1.165, 1.54) is 16.9 Å². The largest absolute Gasteiger partial charge is 0.320 e. The summed E-state index contributed by atoms with van der Waals surface area (Å²) < 4.78 is 3.51. The SMILES string of the molecule is Brc1ccc2nc3n(c2c1)[C@@H](c1ccccc1)CC3. The van der Waals surface area contributed by atoms with Crippen LogP contribution < -0.4 is 0 Å². The van der Waals surface area contributed by atoms with E-state index in [1.54, 1.807) is 0 Å². The number of rotatable bonds is 1. The lowest BCUT2D eigenvalue weighted by Crippen LogP contribution is -2.05. The molecule has 0 saturated carbocycles. The number of hydrogen-bond acceptors (Lipinski definition) is 1. The lowest BCUT2D eigenvalue weighted by molar-refractivity contribution is 0.637. The predicted molar refractivity (Wildman–Crippen MR) is 80.3 cm³/mol. The van der Waals surface area contributed by atoms with Gasteiger partial charge < -0.3 is 4.57 Å². The fourth-order valence-electron chi connectivity index (χ4n) is 3.03. The van der Waals surface area contributed by atoms with Crippen LogP contribution in [0.1, 0.15) is 23.9 Å². The molecule has 3 heteroatoms. The third-order valence-corrected chi connectivity index (χ3v) is 4.36. The number of halogens is 1. The fourth-order valence-corrected chi connectivity index (χ4v) is 3.38. The Kier molecular flexibility index (Phi) is 2.49. The maximum Gasteiger partial charge on any atom is 0.110 e. The minimum atomic E-state index is 0.426. The molecule has 2 heterocycles. The predicted octanol–water partition coefficient (Wildman–Crippen LogP) is 4.33. The summed E-state index contributed by atoms with van der Waals surface area (Å²) in [5.74, 6) is 1.21. The number of benzene rings is 2. The van der Waals surface area contributed by atoms with Crippen molar-refractivity contribution in [1.82, 2.24) is 9.55 Å². The fraction of sp³-hybridized carbons (Fsp3) is 0.188. The minimum absolute atomic E-state index is 0.426. The molecule has 0 fully saturated rings. The summed E-state index contributed by atoms with van der Waals surface area (Å²) in [5, 5.41) is 0. The maximum absolute atomic E-state index is 4.75. The average Bonchev–Trinajstić information content (AvgIpc) is 2.99. The molecule has 3 aromatic rings. The summed E-state index contributed by atoms with van der Waals surface area (Å²) >= 11 is 3.56. The van der Waals surface area contributed by atoms with Gasteiger partial charge >= 0.3 is 0 Å². The van der Waals surface area contributed by atoms with Gasteiger partial charge in [-0.1, -0.05) is 46.3 Å². The molecule has 0 amide bonds. The Morgan fingerprint density at radius 2 is 1.95 bits per heavy atom. The third kappa shape index (κ3) is 1.72. The number of imidazole rings is 1. The normalized spacial score (nSPS) is 17.8. The second-order valence-electron chi connectivity index (χ2n) is 5.00. The Balaban J connectivity index is 1.94. The molecule has 1 aromatic heterocycles. The van der Waals surface area contributed by atoms with Gasteiger partial charge in [0.25, 0.3) is 0 Å². The Hall–Kier alpha value is -1.61. The van der Waals surface area contributed by atoms with Crippen molar-refractivity contribution in [2.45, 2.75) is 18.9 Å². The number of aryl methyl sites for hydroxylation is 1. The van der Waals surface area contributed by atoms with E-state index in [0.717, 1.165) is 22.8 Å². The van der Waals surface area contributed by atoms with Crippen LogP contribution >= 0.6 is 15.9 Å². The van der Waals surface area contributed by atoms with Crippen molar-refractivity contribution in [1.29, 1.82) is 0 Å². The first-order chi connectivity index (χ1) is 9.33. The highest BCUT2D eigenvalue weighted by molar-refractivity contribution is 9.10. The molecule has 19 heavy (non-hydrogen) atoms. The van der Waals surface area contributed by atoms with Gasteiger partial charge in [0.1, 0.15) is 5.82 Å². The van der Waals surface area contributed by atoms with Crippen LogP contribution in [0, 0.1) is 0 Å². The molecule has 1 aliphatic rings. The second kappa shape index (κ2) is 4.20. The van der Waals surface area contributed by atoms with Gasteiger partial charge in [0.2, 0.25) is 0 Å². The van der Waals surface area contributed by atoms with Gasteiger partial charge in [0.15, 0.2) is 0 Å². The van der Waals surface area contributed by atoms with Crippen LogP contribution in [-0.4, -0.2) is 9.55 Å². The number of aromatic nitrogens is 2. The lowest BCUT2D eigenvalue weighted by Gasteiger charge is -2.14. The molecule has 0 spiro atoms. The summed E-state index contributed by atoms with van der Waals surface area (Å²) in [5.41, 5.74) is 3.70. The quantitative estimate of drug-likeness (QED) is 0.654. The molecule has 0 unspecified atom stereocenters. The van der Waals surface area contributed by atoms with Gasteiger partial charge in [0, 0.05) is 10.9 Å². The highest BCUT2D eigenvalue weighted by Crippen LogP contribution is 2.35. The van der Waals surface area contributed by atoms with Crippen LogP contribution in [0.4, 0.5) is 0 Å². The molecular weight excluding hydrogens is 300 g/mol. The van der Waals surface area contributed by atoms with Crippen molar-refractivity contribution in [2.24, 2.45) is 0 Å². The van der Waals surface area contributed by atoms with Crippen molar-refractivity contribution < 1.29 is 0 Å². The zero-order valence-electron chi connectivity index (χ0n) is 10.4. The van der Waals surface area contributed by atoms with E-state index in [1.807, 2.05) is 0 Å². The van der Waals surface area contributed by atoms with E-state index in [0.29, 0.717) is 6.04 Å². The molecule has 1 aliphatic heterocycles. The Bertz CT molecular complexity index is 746. The van der Waals surface area contributed by atoms with E-state index in [9.17, 15) is 0 Å². The van der Waals surface area contributed by atoms with Crippen LogP contribution in [-0.2, 0) is 6.42 Å². The molecule has 0 radical (unpaired) electrons. The van der Waals surface area contributed by atoms with Crippen molar-refractivity contribution in [3.05, 3.63) is 64.4 Å². The molecule has 2 aromatic carbocycles. The zero-order valence-corrected chi connectivity index (χ0v) is 12.0. The summed E-state index contributed by atoms with van der Waals surface area (Å²) in [6, 6.07) is 17.5. The van der Waals surface area contributed by atoms with Crippen molar-refractivity contribution in [2.75, 3.05) is 0 Å². The van der Waals surface area contributed by atoms with Crippen molar-refractivity contribution in [3.8, 4) is 0 Å². The highest BCUT2D eigenvalue weighted by atomic mass is 79.9. The van der Waals surface area contributed by atoms with Crippen LogP contribution in [0.2, 0.25) is 0 Å². The van der Waals surface area contributed by atoms with E-state index in [2.05, 4.69) is 69.0 Å². The molecule has 4 rings (SSSR count). The van der Waals surface area contributed by atoms with Gasteiger partial charge in [-0.3, -0.25) is 0 Å². The molecule has 1 atom stereocenters. The van der Waals surface area contributed by atoms with Crippen LogP contribution in [0.25, 0.3) is 11.0 Å². The first kappa shape index (κ1) is 11.2. The Labute approximate surface area is 120 Å². The molecule has 94 valence electrons. The van der Waals surface area contributed by atoms with E-state index >= 15 is 0 Å². The summed E-state index contributed by atoms with van der Waals surface area (Å²) in [6.07, 6.45) is 2.21. The third-order valence-electron chi connectivity index (χ3n) is 3.86. The smallest absolute Gasteiger partial charge is 0.110 e. The maximum atomic E-state index is 4.75. The first-order valence-electron chi connectivity index (χ1n) is 6.54.